The number of furan rings is 1. The van der Waals surface area contributed by atoms with Crippen LogP contribution in [0.15, 0.2) is 53.1 Å². The van der Waals surface area contributed by atoms with E-state index in [1.54, 1.807) is 42.5 Å². The maximum absolute atomic E-state index is 12.5. The maximum Gasteiger partial charge on any atom is 0.303 e. The van der Waals surface area contributed by atoms with Gasteiger partial charge in [0.1, 0.15) is 5.84 Å². The van der Waals surface area contributed by atoms with E-state index in [4.69, 9.17) is 20.7 Å². The van der Waals surface area contributed by atoms with Crippen LogP contribution >= 0.6 is 0 Å². The molecule has 5 N–H and O–H groups in total. The first-order valence-electron chi connectivity index (χ1n) is 7.92. The van der Waals surface area contributed by atoms with Gasteiger partial charge in [0.15, 0.2) is 5.76 Å². The Hall–Kier alpha value is -3.61. The standard InChI is InChI=1S/C19H17N3O4/c20-18(21)12-4-7-15-13(9-12)10-26-17(15)19(25)22-14-5-1-11(2-6-14)3-8-16(23)24/h1-2,4-7,9-10H,3,8H2,(H3,20,21)(H,22,25)(H,23,24). The molecule has 3 aromatic rings. The lowest BCUT2D eigenvalue weighted by molar-refractivity contribution is -0.136. The average molecular weight is 351 g/mol. The third-order valence-corrected chi connectivity index (χ3v) is 3.96. The van der Waals surface area contributed by atoms with Crippen LogP contribution in [0.4, 0.5) is 5.69 Å². The highest BCUT2D eigenvalue weighted by Gasteiger charge is 2.15. The molecule has 0 aliphatic rings. The molecule has 0 spiro atoms. The van der Waals surface area contributed by atoms with Gasteiger partial charge in [-0.2, -0.15) is 0 Å². The van der Waals surface area contributed by atoms with Gasteiger partial charge in [-0.1, -0.05) is 18.2 Å². The van der Waals surface area contributed by atoms with E-state index in [1.165, 1.54) is 6.26 Å². The second-order valence-electron chi connectivity index (χ2n) is 5.83. The number of nitrogens with two attached hydrogens (primary N) is 1. The molecule has 0 fully saturated rings. The Morgan fingerprint density at radius 3 is 2.54 bits per heavy atom. The number of benzene rings is 2. The number of nitrogen functional groups attached to an aromatic ring is 1. The van der Waals surface area contributed by atoms with Crippen molar-refractivity contribution in [3.05, 3.63) is 65.6 Å². The smallest absolute Gasteiger partial charge is 0.303 e. The zero-order valence-corrected chi connectivity index (χ0v) is 13.8. The van der Waals surface area contributed by atoms with Gasteiger partial charge in [0, 0.05) is 28.4 Å². The van der Waals surface area contributed by atoms with E-state index >= 15 is 0 Å². The molecule has 7 nitrogen and oxygen atoms in total. The molecule has 0 unspecified atom stereocenters. The highest BCUT2D eigenvalue weighted by Crippen LogP contribution is 2.23. The second kappa shape index (κ2) is 7.10. The van der Waals surface area contributed by atoms with Crippen LogP contribution in [0.3, 0.4) is 0 Å². The lowest BCUT2D eigenvalue weighted by Gasteiger charge is -2.05. The molecule has 132 valence electrons. The van der Waals surface area contributed by atoms with E-state index < -0.39 is 11.9 Å². The normalized spacial score (nSPS) is 10.6. The summed E-state index contributed by atoms with van der Waals surface area (Å²) in [5, 5.41) is 20.2. The van der Waals surface area contributed by atoms with Gasteiger partial charge in [0.05, 0.1) is 6.26 Å². The largest absolute Gasteiger partial charge is 0.481 e. The van der Waals surface area contributed by atoms with Crippen LogP contribution < -0.4 is 11.1 Å². The zero-order chi connectivity index (χ0) is 18.7. The van der Waals surface area contributed by atoms with Gasteiger partial charge in [-0.05, 0) is 36.2 Å². The molecule has 3 rings (SSSR count). The van der Waals surface area contributed by atoms with Gasteiger partial charge in [-0.3, -0.25) is 15.0 Å². The summed E-state index contributed by atoms with van der Waals surface area (Å²) in [6, 6.07) is 12.0. The zero-order valence-electron chi connectivity index (χ0n) is 13.8. The molecule has 0 saturated carbocycles. The molecular weight excluding hydrogens is 334 g/mol. The highest BCUT2D eigenvalue weighted by molar-refractivity contribution is 6.12. The summed E-state index contributed by atoms with van der Waals surface area (Å²) in [6.07, 6.45) is 1.95. The predicted molar refractivity (Wildman–Crippen MR) is 97.6 cm³/mol. The molecule has 0 atom stereocenters. The third-order valence-electron chi connectivity index (χ3n) is 3.96. The number of carboxylic acid groups (broad SMARTS) is 1. The number of hydrogen-bond donors (Lipinski definition) is 4. The number of carbonyl (C=O) groups is 2. The molecule has 26 heavy (non-hydrogen) atoms. The van der Waals surface area contributed by atoms with Gasteiger partial charge in [0.2, 0.25) is 0 Å². The first-order valence-corrected chi connectivity index (χ1v) is 7.92. The Balaban J connectivity index is 1.74. The van der Waals surface area contributed by atoms with Crippen molar-refractivity contribution in [2.24, 2.45) is 5.73 Å². The topological polar surface area (TPSA) is 129 Å². The number of nitrogens with one attached hydrogen (secondary N) is 2. The lowest BCUT2D eigenvalue weighted by Crippen LogP contribution is -2.12. The summed E-state index contributed by atoms with van der Waals surface area (Å²) >= 11 is 0. The fraction of sp³-hybridized carbons (Fsp3) is 0.105. The molecule has 2 aromatic carbocycles. The fourth-order valence-electron chi connectivity index (χ4n) is 2.59. The first-order chi connectivity index (χ1) is 12.4. The van der Waals surface area contributed by atoms with Crippen molar-refractivity contribution >= 4 is 34.2 Å². The average Bonchev–Trinajstić information content (AvgIpc) is 3.04. The molecule has 0 aliphatic carbocycles. The summed E-state index contributed by atoms with van der Waals surface area (Å²) in [7, 11) is 0. The number of rotatable bonds is 6. The number of aliphatic carboxylic acids is 1. The third kappa shape index (κ3) is 3.72. The molecule has 0 radical (unpaired) electrons. The van der Waals surface area contributed by atoms with E-state index in [2.05, 4.69) is 5.32 Å². The van der Waals surface area contributed by atoms with Crippen molar-refractivity contribution in [3.63, 3.8) is 0 Å². The van der Waals surface area contributed by atoms with E-state index in [0.29, 0.717) is 28.4 Å². The van der Waals surface area contributed by atoms with Crippen LogP contribution in [0.25, 0.3) is 10.8 Å². The maximum atomic E-state index is 12.5. The van der Waals surface area contributed by atoms with Gasteiger partial charge < -0.3 is 20.6 Å². The minimum atomic E-state index is -0.847. The molecular formula is C19H17N3O4. The predicted octanol–water partition coefficient (Wildman–Crippen LogP) is 2.99. The van der Waals surface area contributed by atoms with Gasteiger partial charge in [-0.15, -0.1) is 0 Å². The number of amides is 1. The van der Waals surface area contributed by atoms with E-state index in [-0.39, 0.29) is 18.0 Å². The van der Waals surface area contributed by atoms with Crippen molar-refractivity contribution in [1.29, 1.82) is 5.41 Å². The van der Waals surface area contributed by atoms with Crippen molar-refractivity contribution in [2.45, 2.75) is 12.8 Å². The van der Waals surface area contributed by atoms with Crippen molar-refractivity contribution in [2.75, 3.05) is 5.32 Å². The van der Waals surface area contributed by atoms with Crippen LogP contribution in [0, 0.1) is 5.41 Å². The number of hydrogen-bond acceptors (Lipinski definition) is 4. The lowest BCUT2D eigenvalue weighted by atomic mass is 10.1. The number of anilines is 1. The van der Waals surface area contributed by atoms with Crippen LogP contribution in [0.5, 0.6) is 0 Å². The monoisotopic (exact) mass is 351 g/mol. The number of amidine groups is 1. The van der Waals surface area contributed by atoms with Crippen molar-refractivity contribution in [1.82, 2.24) is 0 Å². The van der Waals surface area contributed by atoms with Gasteiger partial charge in [0.25, 0.3) is 5.91 Å². The van der Waals surface area contributed by atoms with Crippen molar-refractivity contribution < 1.29 is 19.1 Å². The molecule has 0 saturated heterocycles. The van der Waals surface area contributed by atoms with E-state index in [0.717, 1.165) is 5.56 Å². The Kier molecular flexibility index (Phi) is 4.70. The molecule has 1 aromatic heterocycles. The minimum absolute atomic E-state index is 0.0536. The number of aryl methyl sites for hydroxylation is 1. The number of carbonyl (C=O) groups excluding carboxylic acids is 1. The van der Waals surface area contributed by atoms with Crippen molar-refractivity contribution in [3.8, 4) is 0 Å². The Morgan fingerprint density at radius 1 is 1.15 bits per heavy atom. The fourth-order valence-corrected chi connectivity index (χ4v) is 2.59. The van der Waals surface area contributed by atoms with Crippen LogP contribution in [0.1, 0.15) is 28.1 Å². The molecule has 1 amide bonds. The summed E-state index contributed by atoms with van der Waals surface area (Å²) in [5.74, 6) is -1.12. The Labute approximate surface area is 148 Å². The van der Waals surface area contributed by atoms with Crippen LogP contribution in [-0.2, 0) is 11.2 Å². The van der Waals surface area contributed by atoms with Gasteiger partial charge >= 0.3 is 5.97 Å². The van der Waals surface area contributed by atoms with Crippen LogP contribution in [0.2, 0.25) is 0 Å². The Morgan fingerprint density at radius 2 is 1.88 bits per heavy atom. The number of carboxylic acids is 1. The Bertz CT molecular complexity index is 990. The summed E-state index contributed by atoms with van der Waals surface area (Å²) in [6.45, 7) is 0. The van der Waals surface area contributed by atoms with Gasteiger partial charge in [-0.25, -0.2) is 0 Å². The second-order valence-corrected chi connectivity index (χ2v) is 5.83. The quantitative estimate of drug-likeness (QED) is 0.401. The number of fused-ring (bicyclic) bond motifs is 1. The highest BCUT2D eigenvalue weighted by atomic mass is 16.4. The van der Waals surface area contributed by atoms with Crippen LogP contribution in [-0.4, -0.2) is 22.8 Å². The molecule has 0 aliphatic heterocycles. The molecule has 1 heterocycles. The van der Waals surface area contributed by atoms with E-state index in [1.807, 2.05) is 0 Å². The van der Waals surface area contributed by atoms with E-state index in [9.17, 15) is 9.59 Å². The summed E-state index contributed by atoms with van der Waals surface area (Å²) in [4.78, 5) is 23.1. The molecule has 0 bridgehead atoms. The summed E-state index contributed by atoms with van der Waals surface area (Å²) < 4.78 is 5.38. The summed E-state index contributed by atoms with van der Waals surface area (Å²) in [5.41, 5.74) is 7.48. The first kappa shape index (κ1) is 17.2. The molecule has 7 heteroatoms. The SMILES string of the molecule is N=C(N)c1ccc2c(C(=O)Nc3ccc(CCC(=O)O)cc3)occ2c1. The minimum Gasteiger partial charge on any atom is -0.481 e.